The number of rotatable bonds is 7. The molecule has 1 atom stereocenters. The maximum absolute atomic E-state index is 10.1. The maximum Gasteiger partial charge on any atom is 0.0856 e. The van der Waals surface area contributed by atoms with Crippen LogP contribution in [0.25, 0.3) is 0 Å². The van der Waals surface area contributed by atoms with Crippen LogP contribution in [0.5, 0.6) is 0 Å². The van der Waals surface area contributed by atoms with E-state index in [0.29, 0.717) is 19.6 Å². The molecule has 0 aliphatic carbocycles. The van der Waals surface area contributed by atoms with Crippen molar-refractivity contribution < 1.29 is 9.84 Å². The molecule has 0 aromatic carbocycles. The Morgan fingerprint density at radius 2 is 2.38 bits per heavy atom. The lowest BCUT2D eigenvalue weighted by atomic mass is 10.0. The van der Waals surface area contributed by atoms with Gasteiger partial charge in [0.25, 0.3) is 0 Å². The zero-order valence-electron chi connectivity index (χ0n) is 10.1. The molecular weight excluding hydrogens is 208 g/mol. The van der Waals surface area contributed by atoms with E-state index in [1.165, 1.54) is 0 Å². The van der Waals surface area contributed by atoms with Crippen molar-refractivity contribution in [1.82, 2.24) is 20.3 Å². The molecule has 0 fully saturated rings. The normalized spacial score (nSPS) is 15.0. The highest BCUT2D eigenvalue weighted by Gasteiger charge is 2.21. The zero-order valence-corrected chi connectivity index (χ0v) is 10.1. The van der Waals surface area contributed by atoms with E-state index in [1.807, 2.05) is 13.2 Å². The van der Waals surface area contributed by atoms with Crippen molar-refractivity contribution in [2.45, 2.75) is 18.9 Å². The van der Waals surface area contributed by atoms with Gasteiger partial charge in [-0.05, 0) is 6.92 Å². The highest BCUT2D eigenvalue weighted by Crippen LogP contribution is 2.09. The van der Waals surface area contributed by atoms with Crippen LogP contribution in [0.2, 0.25) is 0 Å². The summed E-state index contributed by atoms with van der Waals surface area (Å²) in [6, 6.07) is 0. The molecule has 0 aliphatic rings. The first kappa shape index (κ1) is 13.1. The quantitative estimate of drug-likeness (QED) is 0.606. The van der Waals surface area contributed by atoms with Gasteiger partial charge in [0.2, 0.25) is 0 Å². The Kier molecular flexibility index (Phi) is 4.85. The van der Waals surface area contributed by atoms with Crippen molar-refractivity contribution in [2.75, 3.05) is 26.8 Å². The fraction of sp³-hybridized carbons (Fsp3) is 0.800. The number of ether oxygens (including phenoxy) is 1. The maximum atomic E-state index is 10.1. The second kappa shape index (κ2) is 5.93. The van der Waals surface area contributed by atoms with Crippen molar-refractivity contribution in [3.8, 4) is 0 Å². The minimum absolute atomic E-state index is 0.487. The topological polar surface area (TPSA) is 72.2 Å². The average Bonchev–Trinajstić information content (AvgIpc) is 2.58. The van der Waals surface area contributed by atoms with Gasteiger partial charge in [-0.15, -0.1) is 5.10 Å². The van der Waals surface area contributed by atoms with Crippen LogP contribution in [0.1, 0.15) is 12.6 Å². The smallest absolute Gasteiger partial charge is 0.0856 e. The monoisotopic (exact) mass is 228 g/mol. The number of methoxy groups -OCH3 is 1. The largest absolute Gasteiger partial charge is 0.388 e. The van der Waals surface area contributed by atoms with Crippen LogP contribution in [-0.2, 0) is 18.2 Å². The molecule has 0 aliphatic heterocycles. The molecule has 16 heavy (non-hydrogen) atoms. The van der Waals surface area contributed by atoms with Gasteiger partial charge in [0.05, 0.1) is 17.9 Å². The van der Waals surface area contributed by atoms with E-state index >= 15 is 0 Å². The van der Waals surface area contributed by atoms with Gasteiger partial charge in [0, 0.05) is 39.9 Å². The van der Waals surface area contributed by atoms with Gasteiger partial charge in [-0.25, -0.2) is 0 Å². The molecule has 1 unspecified atom stereocenters. The van der Waals surface area contributed by atoms with E-state index in [9.17, 15) is 5.11 Å². The third-order valence-electron chi connectivity index (χ3n) is 2.20. The Labute approximate surface area is 95.6 Å². The van der Waals surface area contributed by atoms with Crippen LogP contribution in [0.4, 0.5) is 0 Å². The van der Waals surface area contributed by atoms with Crippen molar-refractivity contribution in [3.63, 3.8) is 0 Å². The highest BCUT2D eigenvalue weighted by molar-refractivity contribution is 4.98. The van der Waals surface area contributed by atoms with Gasteiger partial charge in [0.15, 0.2) is 0 Å². The van der Waals surface area contributed by atoms with Crippen molar-refractivity contribution >= 4 is 0 Å². The lowest BCUT2D eigenvalue weighted by molar-refractivity contribution is 0.0572. The molecule has 1 heterocycles. The molecular formula is C10H20N4O2. The van der Waals surface area contributed by atoms with Crippen LogP contribution >= 0.6 is 0 Å². The predicted octanol–water partition coefficient (Wildman–Crippen LogP) is -0.655. The van der Waals surface area contributed by atoms with Gasteiger partial charge in [-0.3, -0.25) is 4.68 Å². The SMILES string of the molecule is COCCNCC(C)(O)Cc1cn(C)nn1. The first-order valence-electron chi connectivity index (χ1n) is 5.31. The minimum Gasteiger partial charge on any atom is -0.388 e. The Bertz CT molecular complexity index is 312. The number of hydrogen-bond donors (Lipinski definition) is 2. The number of nitrogens with zero attached hydrogens (tertiary/aromatic N) is 3. The third kappa shape index (κ3) is 4.69. The summed E-state index contributed by atoms with van der Waals surface area (Å²) in [5.41, 5.74) is -0.0231. The number of nitrogens with one attached hydrogen (secondary N) is 1. The second-order valence-electron chi connectivity index (χ2n) is 4.23. The molecule has 0 saturated heterocycles. The van der Waals surface area contributed by atoms with Crippen LogP contribution in [0.3, 0.4) is 0 Å². The molecule has 6 nitrogen and oxygen atoms in total. The molecule has 6 heteroatoms. The number of hydrogen-bond acceptors (Lipinski definition) is 5. The van der Waals surface area contributed by atoms with E-state index in [2.05, 4.69) is 15.6 Å². The number of aliphatic hydroxyl groups is 1. The second-order valence-corrected chi connectivity index (χ2v) is 4.23. The fourth-order valence-corrected chi connectivity index (χ4v) is 1.46. The Morgan fingerprint density at radius 3 is 2.94 bits per heavy atom. The van der Waals surface area contributed by atoms with Crippen LogP contribution in [0, 0.1) is 0 Å². The fourth-order valence-electron chi connectivity index (χ4n) is 1.46. The highest BCUT2D eigenvalue weighted by atomic mass is 16.5. The first-order chi connectivity index (χ1) is 7.53. The van der Waals surface area contributed by atoms with Crippen LogP contribution in [-0.4, -0.2) is 52.5 Å². The van der Waals surface area contributed by atoms with Gasteiger partial charge in [-0.2, -0.15) is 0 Å². The summed E-state index contributed by atoms with van der Waals surface area (Å²) < 4.78 is 6.54. The van der Waals surface area contributed by atoms with E-state index in [1.54, 1.807) is 18.7 Å². The van der Waals surface area contributed by atoms with E-state index in [0.717, 1.165) is 12.2 Å². The molecule has 0 spiro atoms. The summed E-state index contributed by atoms with van der Waals surface area (Å²) in [4.78, 5) is 0. The van der Waals surface area contributed by atoms with Gasteiger partial charge >= 0.3 is 0 Å². The molecule has 0 amide bonds. The van der Waals surface area contributed by atoms with Gasteiger partial charge in [0.1, 0.15) is 0 Å². The first-order valence-corrected chi connectivity index (χ1v) is 5.31. The molecule has 1 rings (SSSR count). The Morgan fingerprint density at radius 1 is 1.62 bits per heavy atom. The van der Waals surface area contributed by atoms with Crippen LogP contribution < -0.4 is 5.32 Å². The summed E-state index contributed by atoms with van der Waals surface area (Å²) in [5.74, 6) is 0. The molecule has 0 radical (unpaired) electrons. The predicted molar refractivity (Wildman–Crippen MR) is 60.1 cm³/mol. The molecule has 1 aromatic heterocycles. The third-order valence-corrected chi connectivity index (χ3v) is 2.20. The summed E-state index contributed by atoms with van der Waals surface area (Å²) in [7, 11) is 3.46. The van der Waals surface area contributed by atoms with Crippen molar-refractivity contribution in [3.05, 3.63) is 11.9 Å². The minimum atomic E-state index is -0.816. The van der Waals surface area contributed by atoms with E-state index in [-0.39, 0.29) is 0 Å². The summed E-state index contributed by atoms with van der Waals surface area (Å²) in [6.45, 7) is 3.66. The molecule has 0 bridgehead atoms. The van der Waals surface area contributed by atoms with Crippen LogP contribution in [0.15, 0.2) is 6.20 Å². The van der Waals surface area contributed by atoms with E-state index in [4.69, 9.17) is 4.74 Å². The summed E-state index contributed by atoms with van der Waals surface area (Å²) in [5, 5.41) is 21.0. The van der Waals surface area contributed by atoms with Gasteiger partial charge in [-0.1, -0.05) is 5.21 Å². The number of aryl methyl sites for hydroxylation is 1. The average molecular weight is 228 g/mol. The number of aromatic nitrogens is 3. The molecule has 2 N–H and O–H groups in total. The molecule has 92 valence electrons. The summed E-state index contributed by atoms with van der Waals surface area (Å²) >= 11 is 0. The Hall–Kier alpha value is -0.980. The lowest BCUT2D eigenvalue weighted by Crippen LogP contribution is -2.40. The van der Waals surface area contributed by atoms with E-state index < -0.39 is 5.60 Å². The Balaban J connectivity index is 2.33. The summed E-state index contributed by atoms with van der Waals surface area (Å²) in [6.07, 6.45) is 2.30. The standard InChI is InChI=1S/C10H20N4O2/c1-10(15,8-11-4-5-16-3)6-9-7-14(2)13-12-9/h7,11,15H,4-6,8H2,1-3H3. The van der Waals surface area contributed by atoms with Crippen molar-refractivity contribution in [2.24, 2.45) is 7.05 Å². The zero-order chi connectivity index (χ0) is 12.0. The van der Waals surface area contributed by atoms with Gasteiger partial charge < -0.3 is 15.2 Å². The molecule has 1 aromatic rings. The van der Waals surface area contributed by atoms with Crippen molar-refractivity contribution in [1.29, 1.82) is 0 Å². The molecule has 0 saturated carbocycles. The lowest BCUT2D eigenvalue weighted by Gasteiger charge is -2.22.